The van der Waals surface area contributed by atoms with E-state index in [1.807, 2.05) is 5.43 Å². The maximum atomic E-state index is 13.0. The van der Waals surface area contributed by atoms with Gasteiger partial charge in [0.25, 0.3) is 5.91 Å². The SMILES string of the molecule is O=C(NN=C(CC(=O)c1cccs1)C(F)(F)F)c1ccc(Br)cc1. The number of amides is 1. The van der Waals surface area contributed by atoms with Gasteiger partial charge in [0.1, 0.15) is 5.71 Å². The molecule has 1 N–H and O–H groups in total. The molecule has 0 aliphatic rings. The zero-order chi connectivity index (χ0) is 17.7. The van der Waals surface area contributed by atoms with Crippen LogP contribution in [0.3, 0.4) is 0 Å². The molecule has 1 aromatic carbocycles. The number of carbonyl (C=O) groups excluding carboxylic acids is 2. The van der Waals surface area contributed by atoms with Crippen molar-refractivity contribution in [2.24, 2.45) is 5.10 Å². The number of rotatable bonds is 5. The number of ketones is 1. The molecule has 2 rings (SSSR count). The molecule has 0 saturated carbocycles. The van der Waals surface area contributed by atoms with Crippen LogP contribution in [-0.4, -0.2) is 23.6 Å². The number of benzene rings is 1. The van der Waals surface area contributed by atoms with E-state index in [0.717, 1.165) is 15.8 Å². The molecule has 126 valence electrons. The molecule has 0 radical (unpaired) electrons. The summed E-state index contributed by atoms with van der Waals surface area (Å²) in [6, 6.07) is 9.00. The first kappa shape index (κ1) is 18.3. The maximum Gasteiger partial charge on any atom is 0.431 e. The molecule has 1 heterocycles. The summed E-state index contributed by atoms with van der Waals surface area (Å²) in [5.41, 5.74) is 0.632. The van der Waals surface area contributed by atoms with E-state index in [1.54, 1.807) is 23.6 Å². The van der Waals surface area contributed by atoms with Crippen LogP contribution in [0.2, 0.25) is 0 Å². The van der Waals surface area contributed by atoms with Gasteiger partial charge in [0, 0.05) is 10.0 Å². The molecule has 0 aliphatic heterocycles. The smallest absolute Gasteiger partial charge is 0.293 e. The average molecular weight is 419 g/mol. The summed E-state index contributed by atoms with van der Waals surface area (Å²) in [6.45, 7) is 0. The quantitative estimate of drug-likeness (QED) is 0.443. The summed E-state index contributed by atoms with van der Waals surface area (Å²) in [6.07, 6.45) is -5.76. The third-order valence-corrected chi connectivity index (χ3v) is 4.29. The molecule has 0 bridgehead atoms. The van der Waals surface area contributed by atoms with Crippen molar-refractivity contribution in [3.05, 3.63) is 56.7 Å². The lowest BCUT2D eigenvalue weighted by Gasteiger charge is -2.10. The van der Waals surface area contributed by atoms with E-state index >= 15 is 0 Å². The number of nitrogens with one attached hydrogen (secondary N) is 1. The molecule has 9 heteroatoms. The predicted molar refractivity (Wildman–Crippen MR) is 88.4 cm³/mol. The van der Waals surface area contributed by atoms with E-state index in [0.29, 0.717) is 0 Å². The van der Waals surface area contributed by atoms with Crippen LogP contribution in [0, 0.1) is 0 Å². The second-order valence-corrected chi connectivity index (χ2v) is 6.44. The summed E-state index contributed by atoms with van der Waals surface area (Å²) in [4.78, 5) is 23.8. The Morgan fingerprint density at radius 3 is 2.38 bits per heavy atom. The first-order valence-corrected chi connectivity index (χ1v) is 8.21. The van der Waals surface area contributed by atoms with E-state index < -0.39 is 30.0 Å². The van der Waals surface area contributed by atoms with Crippen molar-refractivity contribution in [1.29, 1.82) is 0 Å². The molecule has 4 nitrogen and oxygen atoms in total. The van der Waals surface area contributed by atoms with Gasteiger partial charge < -0.3 is 0 Å². The van der Waals surface area contributed by atoms with E-state index in [2.05, 4.69) is 21.0 Å². The van der Waals surface area contributed by atoms with Gasteiger partial charge in [-0.2, -0.15) is 18.3 Å². The number of halogens is 4. The second-order valence-electron chi connectivity index (χ2n) is 4.58. The zero-order valence-corrected chi connectivity index (χ0v) is 14.3. The number of hydrogen-bond acceptors (Lipinski definition) is 4. The predicted octanol–water partition coefficient (Wildman–Crippen LogP) is 4.43. The van der Waals surface area contributed by atoms with Crippen molar-refractivity contribution in [3.63, 3.8) is 0 Å². The lowest BCUT2D eigenvalue weighted by Crippen LogP contribution is -2.30. The van der Waals surface area contributed by atoms with Gasteiger partial charge in [-0.05, 0) is 35.7 Å². The standard InChI is InChI=1S/C15H10BrF3N2O2S/c16-10-5-3-9(4-6-10)14(23)21-20-13(15(17,18)19)8-11(22)12-2-1-7-24-12/h1-7H,8H2,(H,21,23). The van der Waals surface area contributed by atoms with Gasteiger partial charge in [-0.15, -0.1) is 11.3 Å². The first-order valence-electron chi connectivity index (χ1n) is 6.54. The molecule has 2 aromatic rings. The van der Waals surface area contributed by atoms with E-state index in [9.17, 15) is 22.8 Å². The van der Waals surface area contributed by atoms with Gasteiger partial charge in [-0.25, -0.2) is 5.43 Å². The van der Waals surface area contributed by atoms with Crippen molar-refractivity contribution in [2.45, 2.75) is 12.6 Å². The molecule has 0 saturated heterocycles. The summed E-state index contributed by atoms with van der Waals surface area (Å²) < 4.78 is 39.7. The normalized spacial score (nSPS) is 12.1. The Balaban J connectivity index is 2.12. The monoisotopic (exact) mass is 418 g/mol. The minimum atomic E-state index is -4.82. The topological polar surface area (TPSA) is 58.5 Å². The van der Waals surface area contributed by atoms with Crippen molar-refractivity contribution >= 4 is 44.7 Å². The second kappa shape index (κ2) is 7.71. The molecule has 0 spiro atoms. The maximum absolute atomic E-state index is 13.0. The van der Waals surface area contributed by atoms with Crippen molar-refractivity contribution in [3.8, 4) is 0 Å². The summed E-state index contributed by atoms with van der Waals surface area (Å²) >= 11 is 4.23. The highest BCUT2D eigenvalue weighted by molar-refractivity contribution is 9.10. The number of nitrogens with zero attached hydrogens (tertiary/aromatic N) is 1. The van der Waals surface area contributed by atoms with Crippen LogP contribution in [0.25, 0.3) is 0 Å². The van der Waals surface area contributed by atoms with Gasteiger partial charge in [0.2, 0.25) is 0 Å². The number of thiophene rings is 1. The molecular weight excluding hydrogens is 409 g/mol. The summed E-state index contributed by atoms with van der Waals surface area (Å²) in [7, 11) is 0. The Morgan fingerprint density at radius 1 is 1.17 bits per heavy atom. The fourth-order valence-electron chi connectivity index (χ4n) is 1.66. The zero-order valence-electron chi connectivity index (χ0n) is 11.9. The Hall–Kier alpha value is -2.00. The molecule has 1 amide bonds. The molecule has 0 fully saturated rings. The van der Waals surface area contributed by atoms with Crippen molar-refractivity contribution in [2.75, 3.05) is 0 Å². The van der Waals surface area contributed by atoms with Gasteiger partial charge in [-0.1, -0.05) is 22.0 Å². The van der Waals surface area contributed by atoms with Crippen LogP contribution in [0.15, 0.2) is 51.4 Å². The van der Waals surface area contributed by atoms with Crippen LogP contribution >= 0.6 is 27.3 Å². The van der Waals surface area contributed by atoms with Gasteiger partial charge in [0.05, 0.1) is 11.3 Å². The highest BCUT2D eigenvalue weighted by atomic mass is 79.9. The third kappa shape index (κ3) is 5.00. The summed E-state index contributed by atoms with van der Waals surface area (Å²) in [5.74, 6) is -1.51. The number of hydrazone groups is 1. The Kier molecular flexibility index (Phi) is 5.89. The molecule has 0 atom stereocenters. The lowest BCUT2D eigenvalue weighted by molar-refractivity contribution is -0.0605. The Bertz CT molecular complexity index is 756. The van der Waals surface area contributed by atoms with E-state index in [-0.39, 0.29) is 10.4 Å². The van der Waals surface area contributed by atoms with Gasteiger partial charge >= 0.3 is 6.18 Å². The number of hydrogen-bond donors (Lipinski definition) is 1. The fraction of sp³-hybridized carbons (Fsp3) is 0.133. The van der Waals surface area contributed by atoms with Crippen LogP contribution in [0.1, 0.15) is 26.5 Å². The van der Waals surface area contributed by atoms with Crippen LogP contribution in [-0.2, 0) is 0 Å². The van der Waals surface area contributed by atoms with E-state index in [4.69, 9.17) is 0 Å². The van der Waals surface area contributed by atoms with Crippen molar-refractivity contribution < 1.29 is 22.8 Å². The van der Waals surface area contributed by atoms with Crippen LogP contribution < -0.4 is 5.43 Å². The number of Topliss-reactive ketones (excluding diaryl/α,β-unsaturated/α-hetero) is 1. The van der Waals surface area contributed by atoms with Crippen LogP contribution in [0.5, 0.6) is 0 Å². The minimum absolute atomic E-state index is 0.146. The average Bonchev–Trinajstić information content (AvgIpc) is 3.05. The minimum Gasteiger partial charge on any atom is -0.293 e. The Labute approximate surface area is 147 Å². The molecule has 0 aliphatic carbocycles. The first-order chi connectivity index (χ1) is 11.3. The van der Waals surface area contributed by atoms with Gasteiger partial charge in [-0.3, -0.25) is 9.59 Å². The lowest BCUT2D eigenvalue weighted by atomic mass is 10.1. The number of alkyl halides is 3. The molecule has 24 heavy (non-hydrogen) atoms. The largest absolute Gasteiger partial charge is 0.431 e. The fourth-order valence-corrected chi connectivity index (χ4v) is 2.59. The van der Waals surface area contributed by atoms with Crippen molar-refractivity contribution in [1.82, 2.24) is 5.43 Å². The molecule has 1 aromatic heterocycles. The number of carbonyl (C=O) groups is 2. The van der Waals surface area contributed by atoms with Crippen LogP contribution in [0.4, 0.5) is 13.2 Å². The highest BCUT2D eigenvalue weighted by Crippen LogP contribution is 2.22. The van der Waals surface area contributed by atoms with E-state index in [1.165, 1.54) is 18.2 Å². The third-order valence-electron chi connectivity index (χ3n) is 2.85. The molecular formula is C15H10BrF3N2O2S. The highest BCUT2D eigenvalue weighted by Gasteiger charge is 2.37. The Morgan fingerprint density at radius 2 is 1.83 bits per heavy atom. The molecule has 0 unspecified atom stereocenters. The summed E-state index contributed by atoms with van der Waals surface area (Å²) in [5, 5.41) is 4.70. The van der Waals surface area contributed by atoms with Gasteiger partial charge in [0.15, 0.2) is 5.78 Å².